The molecule has 4 heteroatoms. The molecule has 86 valence electrons. The Morgan fingerprint density at radius 2 is 2.00 bits per heavy atom. The largest absolute Gasteiger partial charge is 0.394 e. The van der Waals surface area contributed by atoms with E-state index in [1.165, 1.54) is 0 Å². The minimum atomic E-state index is 0.572. The summed E-state index contributed by atoms with van der Waals surface area (Å²) in [5.74, 6) is 5.57. The van der Waals surface area contributed by atoms with Gasteiger partial charge in [0.1, 0.15) is 12.3 Å². The maximum atomic E-state index is 5.10. The van der Waals surface area contributed by atoms with Gasteiger partial charge in [0.15, 0.2) is 0 Å². The molecule has 0 fully saturated rings. The summed E-state index contributed by atoms with van der Waals surface area (Å²) in [6.07, 6.45) is 0. The smallest absolute Gasteiger partial charge is 0.129 e. The van der Waals surface area contributed by atoms with Crippen molar-refractivity contribution in [1.29, 1.82) is 0 Å². The van der Waals surface area contributed by atoms with Gasteiger partial charge < -0.3 is 14.5 Å². The first-order valence-corrected chi connectivity index (χ1v) is 4.97. The zero-order chi connectivity index (χ0) is 11.5. The van der Waals surface area contributed by atoms with Gasteiger partial charge in [-0.25, -0.2) is 0 Å². The van der Waals surface area contributed by atoms with Crippen LogP contribution in [0.2, 0.25) is 0 Å². The second-order valence-corrected chi connectivity index (χ2v) is 3.18. The van der Waals surface area contributed by atoms with Crippen molar-refractivity contribution in [3.8, 4) is 11.8 Å². The molecule has 0 N–H and O–H groups in total. The fourth-order valence-corrected chi connectivity index (χ4v) is 0.902. The predicted octanol–water partition coefficient (Wildman–Crippen LogP) is 0.980. The molecular weight excluding hydrogens is 192 g/mol. The first-order chi connectivity index (χ1) is 7.20. The van der Waals surface area contributed by atoms with Crippen LogP contribution in [0.5, 0.6) is 0 Å². The number of hydrogen-bond acceptors (Lipinski definition) is 4. The van der Waals surface area contributed by atoms with Crippen molar-refractivity contribution in [1.82, 2.24) is 4.90 Å². The molecule has 0 atom stereocenters. The highest BCUT2D eigenvalue weighted by Gasteiger charge is 1.96. The molecule has 0 unspecified atom stereocenters. The Labute approximate surface area is 92.2 Å². The Bertz CT molecular complexity index is 241. The number of ether oxygens (including phenoxy) is 1. The molecular formula is C11H20N2O2. The quantitative estimate of drug-likeness (QED) is 0.273. The van der Waals surface area contributed by atoms with Gasteiger partial charge in [-0.2, -0.15) is 0 Å². The molecule has 0 radical (unpaired) electrons. The van der Waals surface area contributed by atoms with Crippen LogP contribution < -0.4 is 0 Å². The van der Waals surface area contributed by atoms with Crippen molar-refractivity contribution in [3.63, 3.8) is 0 Å². The van der Waals surface area contributed by atoms with E-state index in [-0.39, 0.29) is 0 Å². The molecule has 0 aliphatic rings. The van der Waals surface area contributed by atoms with E-state index in [9.17, 15) is 0 Å². The molecule has 0 aromatic heterocycles. The fraction of sp³-hybridized carbons (Fsp3) is 0.727. The monoisotopic (exact) mass is 212 g/mol. The second-order valence-electron chi connectivity index (χ2n) is 3.18. The van der Waals surface area contributed by atoms with E-state index in [1.807, 2.05) is 14.0 Å². The number of oxime groups is 1. The Morgan fingerprint density at radius 1 is 1.33 bits per heavy atom. The summed E-state index contributed by atoms with van der Waals surface area (Å²) in [6.45, 7) is 6.64. The third kappa shape index (κ3) is 9.26. The van der Waals surface area contributed by atoms with Crippen molar-refractivity contribution in [3.05, 3.63) is 0 Å². The Kier molecular flexibility index (Phi) is 8.84. The third-order valence-corrected chi connectivity index (χ3v) is 1.75. The molecule has 0 aromatic carbocycles. The maximum Gasteiger partial charge on any atom is 0.129 e. The summed E-state index contributed by atoms with van der Waals surface area (Å²) in [6, 6.07) is 0. The van der Waals surface area contributed by atoms with Crippen molar-refractivity contribution in [2.75, 3.05) is 40.5 Å². The number of rotatable bonds is 7. The highest BCUT2D eigenvalue weighted by atomic mass is 16.6. The summed E-state index contributed by atoms with van der Waals surface area (Å²) < 4.78 is 4.96. The molecule has 15 heavy (non-hydrogen) atoms. The van der Waals surface area contributed by atoms with E-state index < -0.39 is 0 Å². The van der Waals surface area contributed by atoms with E-state index in [0.29, 0.717) is 12.3 Å². The summed E-state index contributed by atoms with van der Waals surface area (Å²) in [4.78, 5) is 7.23. The van der Waals surface area contributed by atoms with E-state index in [1.54, 1.807) is 14.0 Å². The Balaban J connectivity index is 3.51. The van der Waals surface area contributed by atoms with Crippen molar-refractivity contribution in [2.45, 2.75) is 13.8 Å². The van der Waals surface area contributed by atoms with Gasteiger partial charge >= 0.3 is 0 Å². The lowest BCUT2D eigenvalue weighted by molar-refractivity contribution is 0.104. The minimum Gasteiger partial charge on any atom is -0.394 e. The van der Waals surface area contributed by atoms with Crippen LogP contribution in [0.15, 0.2) is 5.16 Å². The van der Waals surface area contributed by atoms with E-state index in [2.05, 4.69) is 21.9 Å². The average Bonchev–Trinajstić information content (AvgIpc) is 2.22. The number of methoxy groups -OCH3 is 1. The van der Waals surface area contributed by atoms with Crippen LogP contribution >= 0.6 is 0 Å². The van der Waals surface area contributed by atoms with E-state index in [4.69, 9.17) is 9.57 Å². The van der Waals surface area contributed by atoms with Gasteiger partial charge in [-0.15, -0.1) is 0 Å². The van der Waals surface area contributed by atoms with Gasteiger partial charge in [0.2, 0.25) is 0 Å². The summed E-state index contributed by atoms with van der Waals surface area (Å²) in [7, 11) is 3.71. The minimum absolute atomic E-state index is 0.572. The van der Waals surface area contributed by atoms with Gasteiger partial charge in [-0.1, -0.05) is 11.1 Å². The summed E-state index contributed by atoms with van der Waals surface area (Å²) in [5, 5.41) is 3.85. The van der Waals surface area contributed by atoms with E-state index in [0.717, 1.165) is 19.7 Å². The van der Waals surface area contributed by atoms with E-state index >= 15 is 0 Å². The second kappa shape index (κ2) is 9.50. The fourth-order valence-electron chi connectivity index (χ4n) is 0.902. The van der Waals surface area contributed by atoms with Crippen LogP contribution in [0.1, 0.15) is 13.8 Å². The molecule has 0 rings (SSSR count). The van der Waals surface area contributed by atoms with Gasteiger partial charge in [-0.05, 0) is 26.8 Å². The molecule has 0 aliphatic carbocycles. The zero-order valence-electron chi connectivity index (χ0n) is 10.0. The van der Waals surface area contributed by atoms with Crippen LogP contribution in [0.25, 0.3) is 0 Å². The molecule has 0 saturated heterocycles. The molecule has 0 saturated carbocycles. The predicted molar refractivity (Wildman–Crippen MR) is 61.9 cm³/mol. The lowest BCUT2D eigenvalue weighted by Crippen LogP contribution is -2.26. The molecule has 0 bridgehead atoms. The Morgan fingerprint density at radius 3 is 2.60 bits per heavy atom. The summed E-state index contributed by atoms with van der Waals surface area (Å²) in [5.41, 5.74) is 0.706. The maximum absolute atomic E-state index is 5.10. The topological polar surface area (TPSA) is 34.1 Å². The molecule has 0 heterocycles. The number of nitrogens with zero attached hydrogens (tertiary/aromatic N) is 2. The number of likely N-dealkylation sites (N-methyl/N-ethyl adjacent to an activating group) is 1. The summed E-state index contributed by atoms with van der Waals surface area (Å²) >= 11 is 0. The average molecular weight is 212 g/mol. The van der Waals surface area contributed by atoms with Crippen LogP contribution in [0.4, 0.5) is 0 Å². The molecule has 0 aliphatic heterocycles. The first-order valence-electron chi connectivity index (χ1n) is 4.97. The lowest BCUT2D eigenvalue weighted by Gasteiger charge is -2.14. The third-order valence-electron chi connectivity index (χ3n) is 1.75. The van der Waals surface area contributed by atoms with Gasteiger partial charge in [0.05, 0.1) is 6.61 Å². The van der Waals surface area contributed by atoms with Crippen LogP contribution in [-0.2, 0) is 9.57 Å². The lowest BCUT2D eigenvalue weighted by atomic mass is 10.4. The van der Waals surface area contributed by atoms with Crippen LogP contribution in [-0.4, -0.2) is 51.1 Å². The highest BCUT2D eigenvalue weighted by molar-refractivity contribution is 5.97. The zero-order valence-corrected chi connectivity index (χ0v) is 10.0. The Hall–Kier alpha value is -1.05. The molecule has 0 amide bonds. The number of hydrogen-bond donors (Lipinski definition) is 0. The normalized spacial score (nSPS) is 11.1. The molecule has 0 spiro atoms. The van der Waals surface area contributed by atoms with Crippen LogP contribution in [0.3, 0.4) is 0 Å². The first kappa shape index (κ1) is 13.9. The van der Waals surface area contributed by atoms with Crippen molar-refractivity contribution >= 4 is 5.71 Å². The van der Waals surface area contributed by atoms with Gasteiger partial charge in [0, 0.05) is 20.2 Å². The molecule has 4 nitrogen and oxygen atoms in total. The highest BCUT2D eigenvalue weighted by Crippen LogP contribution is 1.85. The van der Waals surface area contributed by atoms with Crippen molar-refractivity contribution < 1.29 is 9.57 Å². The molecule has 0 aromatic rings. The van der Waals surface area contributed by atoms with Gasteiger partial charge in [0.25, 0.3) is 0 Å². The van der Waals surface area contributed by atoms with Crippen molar-refractivity contribution in [2.24, 2.45) is 5.16 Å². The standard InChI is InChI=1S/C11H20N2O2/c1-5-6-11(2)12-15-10-8-13(3)7-9-14-4/h7-10H2,1-4H3/b12-11-. The van der Waals surface area contributed by atoms with Crippen LogP contribution in [0, 0.1) is 11.8 Å². The van der Waals surface area contributed by atoms with Gasteiger partial charge in [-0.3, -0.25) is 0 Å². The SMILES string of the molecule is CC#C/C(C)=N\OCCN(C)CCOC.